The number of fused-ring (bicyclic) bond motifs is 1. The number of amides is 2. The van der Waals surface area contributed by atoms with Crippen molar-refractivity contribution >= 4 is 23.2 Å². The van der Waals surface area contributed by atoms with Crippen LogP contribution in [0.5, 0.6) is 0 Å². The molecule has 2 aromatic carbocycles. The van der Waals surface area contributed by atoms with E-state index < -0.39 is 29.7 Å². The largest absolute Gasteiger partial charge is 0.271 e. The van der Waals surface area contributed by atoms with Crippen LogP contribution in [0.4, 0.5) is 15.8 Å². The van der Waals surface area contributed by atoms with Gasteiger partial charge >= 0.3 is 0 Å². The van der Waals surface area contributed by atoms with Gasteiger partial charge < -0.3 is 0 Å². The third-order valence-electron chi connectivity index (χ3n) is 3.89. The third kappa shape index (κ3) is 2.01. The van der Waals surface area contributed by atoms with Crippen molar-refractivity contribution in [3.8, 4) is 0 Å². The van der Waals surface area contributed by atoms with Crippen LogP contribution in [0.25, 0.3) is 0 Å². The summed E-state index contributed by atoms with van der Waals surface area (Å²) in [6.07, 6.45) is 0. The summed E-state index contributed by atoms with van der Waals surface area (Å²) >= 11 is 0. The molecule has 0 aliphatic carbocycles. The Labute approximate surface area is 130 Å². The van der Waals surface area contributed by atoms with Crippen LogP contribution in [-0.2, 0) is 9.59 Å². The Morgan fingerprint density at radius 3 is 2.26 bits per heavy atom. The zero-order chi connectivity index (χ0) is 16.0. The van der Waals surface area contributed by atoms with Gasteiger partial charge in [0, 0.05) is 0 Å². The van der Waals surface area contributed by atoms with Crippen LogP contribution in [-0.4, -0.2) is 23.9 Å². The van der Waals surface area contributed by atoms with E-state index in [0.29, 0.717) is 11.4 Å². The molecule has 2 aromatic rings. The average molecular weight is 310 g/mol. The minimum absolute atomic E-state index is 0.332. The molecule has 0 unspecified atom stereocenters. The van der Waals surface area contributed by atoms with Crippen molar-refractivity contribution in [3.63, 3.8) is 0 Å². The first kappa shape index (κ1) is 13.6. The molecule has 1 fully saturated rings. The van der Waals surface area contributed by atoms with E-state index in [9.17, 15) is 14.0 Å². The van der Waals surface area contributed by atoms with Gasteiger partial charge in [-0.3, -0.25) is 9.59 Å². The number of rotatable bonds is 2. The Morgan fingerprint density at radius 2 is 1.57 bits per heavy atom. The van der Waals surface area contributed by atoms with Crippen LogP contribution in [0.15, 0.2) is 64.9 Å². The molecule has 2 amide bonds. The number of halogens is 1. The molecule has 2 heterocycles. The third-order valence-corrected chi connectivity index (χ3v) is 3.89. The summed E-state index contributed by atoms with van der Waals surface area (Å²) in [5.74, 6) is -1.30. The van der Waals surface area contributed by atoms with E-state index in [0.717, 1.165) is 4.90 Å². The van der Waals surface area contributed by atoms with Crippen LogP contribution < -0.4 is 9.91 Å². The smallest absolute Gasteiger partial charge is 0.263 e. The molecule has 23 heavy (non-hydrogen) atoms. The van der Waals surface area contributed by atoms with Crippen LogP contribution in [0, 0.1) is 5.82 Å². The first-order valence-corrected chi connectivity index (χ1v) is 7.05. The molecule has 114 valence electrons. The quantitative estimate of drug-likeness (QED) is 0.800. The number of carbonyl (C=O) groups is 2. The summed E-state index contributed by atoms with van der Waals surface area (Å²) < 4.78 is 13.1. The van der Waals surface area contributed by atoms with Gasteiger partial charge in [-0.1, -0.05) is 23.4 Å². The van der Waals surface area contributed by atoms with E-state index in [-0.39, 0.29) is 0 Å². The second-order valence-electron chi connectivity index (χ2n) is 5.26. The normalized spacial score (nSPS) is 22.8. The molecular formula is C16H11FN4O2. The highest BCUT2D eigenvalue weighted by Gasteiger charge is 2.55. The molecule has 0 aromatic heterocycles. The van der Waals surface area contributed by atoms with E-state index in [1.54, 1.807) is 12.1 Å². The van der Waals surface area contributed by atoms with E-state index >= 15 is 0 Å². The molecule has 7 heteroatoms. The Hall–Kier alpha value is -3.09. The number of imide groups is 1. The van der Waals surface area contributed by atoms with E-state index in [1.807, 2.05) is 18.2 Å². The number of hydrogen-bond donors (Lipinski definition) is 0. The van der Waals surface area contributed by atoms with Gasteiger partial charge in [0.15, 0.2) is 12.1 Å². The SMILES string of the molecule is O=C1[C@H]2N=NN(c3ccccc3)[C@@H]2C(=O)N1c1ccc(F)cc1. The van der Waals surface area contributed by atoms with E-state index in [1.165, 1.54) is 29.3 Å². The average Bonchev–Trinajstić information content (AvgIpc) is 3.11. The van der Waals surface area contributed by atoms with E-state index in [4.69, 9.17) is 0 Å². The molecule has 6 nitrogen and oxygen atoms in total. The summed E-state index contributed by atoms with van der Waals surface area (Å²) in [5.41, 5.74) is 1.02. The zero-order valence-corrected chi connectivity index (χ0v) is 11.8. The highest BCUT2D eigenvalue weighted by molar-refractivity contribution is 6.26. The predicted molar refractivity (Wildman–Crippen MR) is 80.2 cm³/mol. The second-order valence-corrected chi connectivity index (χ2v) is 5.26. The van der Waals surface area contributed by atoms with Crippen LogP contribution in [0.1, 0.15) is 0 Å². The maximum atomic E-state index is 13.1. The van der Waals surface area contributed by atoms with Crippen molar-refractivity contribution in [2.45, 2.75) is 12.1 Å². The Bertz CT molecular complexity index is 807. The molecular weight excluding hydrogens is 299 g/mol. The fourth-order valence-electron chi connectivity index (χ4n) is 2.80. The molecule has 0 radical (unpaired) electrons. The number of para-hydroxylation sites is 1. The van der Waals surface area contributed by atoms with Gasteiger partial charge in [-0.25, -0.2) is 14.3 Å². The van der Waals surface area contributed by atoms with Crippen LogP contribution >= 0.6 is 0 Å². The highest BCUT2D eigenvalue weighted by atomic mass is 19.1. The van der Waals surface area contributed by atoms with Crippen molar-refractivity contribution in [1.82, 2.24) is 0 Å². The highest BCUT2D eigenvalue weighted by Crippen LogP contribution is 2.34. The van der Waals surface area contributed by atoms with Gasteiger partial charge in [0.05, 0.1) is 11.4 Å². The molecule has 0 saturated carbocycles. The minimum atomic E-state index is -0.868. The van der Waals surface area contributed by atoms with Crippen LogP contribution in [0.3, 0.4) is 0 Å². The summed E-state index contributed by atoms with van der Waals surface area (Å²) in [6.45, 7) is 0. The Balaban J connectivity index is 1.70. The molecule has 1 saturated heterocycles. The maximum absolute atomic E-state index is 13.1. The van der Waals surface area contributed by atoms with Gasteiger partial charge in [-0.15, -0.1) is 0 Å². The molecule has 0 bridgehead atoms. The van der Waals surface area contributed by atoms with Crippen molar-refractivity contribution in [1.29, 1.82) is 0 Å². The van der Waals surface area contributed by atoms with E-state index in [2.05, 4.69) is 10.3 Å². The minimum Gasteiger partial charge on any atom is -0.271 e. The molecule has 2 aliphatic heterocycles. The zero-order valence-electron chi connectivity index (χ0n) is 11.8. The lowest BCUT2D eigenvalue weighted by molar-refractivity contribution is -0.121. The van der Waals surface area contributed by atoms with Crippen molar-refractivity contribution < 1.29 is 14.0 Å². The number of benzene rings is 2. The number of hydrogen-bond acceptors (Lipinski definition) is 5. The second kappa shape index (κ2) is 4.98. The van der Waals surface area contributed by atoms with Gasteiger partial charge in [-0.2, -0.15) is 5.11 Å². The lowest BCUT2D eigenvalue weighted by Crippen LogP contribution is -2.39. The van der Waals surface area contributed by atoms with Crippen molar-refractivity contribution in [2.24, 2.45) is 10.3 Å². The Morgan fingerprint density at radius 1 is 0.870 bits per heavy atom. The standard InChI is InChI=1S/C16H11FN4O2/c17-10-6-8-11(9-7-10)20-15(22)13-14(16(20)23)21(19-18-13)12-4-2-1-3-5-12/h1-9,13-14H/t13-,14-/m0/s1. The molecule has 4 rings (SSSR count). The summed E-state index contributed by atoms with van der Waals surface area (Å²) in [6, 6.07) is 12.6. The lowest BCUT2D eigenvalue weighted by atomic mass is 10.1. The summed E-state index contributed by atoms with van der Waals surface area (Å²) in [5, 5.41) is 9.36. The first-order chi connectivity index (χ1) is 11.2. The summed E-state index contributed by atoms with van der Waals surface area (Å²) in [7, 11) is 0. The van der Waals surface area contributed by atoms with Gasteiger partial charge in [0.25, 0.3) is 11.8 Å². The monoisotopic (exact) mass is 310 g/mol. The fraction of sp³-hybridized carbons (Fsp3) is 0.125. The molecule has 2 aliphatic rings. The lowest BCUT2D eigenvalue weighted by Gasteiger charge is -2.20. The first-order valence-electron chi connectivity index (χ1n) is 7.05. The number of carbonyl (C=O) groups excluding carboxylic acids is 2. The van der Waals surface area contributed by atoms with Gasteiger partial charge in [0.1, 0.15) is 5.82 Å². The fourth-order valence-corrected chi connectivity index (χ4v) is 2.80. The molecule has 0 N–H and O–H groups in total. The Kier molecular flexibility index (Phi) is 2.94. The van der Waals surface area contributed by atoms with Gasteiger partial charge in [0.2, 0.25) is 0 Å². The molecule has 0 spiro atoms. The number of nitrogens with zero attached hydrogens (tertiary/aromatic N) is 4. The predicted octanol–water partition coefficient (Wildman–Crippen LogP) is 2.32. The molecule has 2 atom stereocenters. The number of anilines is 2. The summed E-state index contributed by atoms with van der Waals surface area (Å²) in [4.78, 5) is 26.3. The van der Waals surface area contributed by atoms with Crippen molar-refractivity contribution in [2.75, 3.05) is 9.91 Å². The van der Waals surface area contributed by atoms with Gasteiger partial charge in [-0.05, 0) is 36.4 Å². The van der Waals surface area contributed by atoms with Crippen molar-refractivity contribution in [3.05, 3.63) is 60.4 Å². The maximum Gasteiger partial charge on any atom is 0.263 e. The topological polar surface area (TPSA) is 65.3 Å². The van der Waals surface area contributed by atoms with Crippen LogP contribution in [0.2, 0.25) is 0 Å².